The number of aromatic nitrogens is 1. The summed E-state index contributed by atoms with van der Waals surface area (Å²) in [6.45, 7) is 6.66. The smallest absolute Gasteiger partial charge is 0.227 e. The molecular weight excluding hydrogens is 316 g/mol. The van der Waals surface area contributed by atoms with Gasteiger partial charge in [0.15, 0.2) is 0 Å². The Morgan fingerprint density at radius 3 is 2.84 bits per heavy atom. The summed E-state index contributed by atoms with van der Waals surface area (Å²) in [5, 5.41) is 4.01. The van der Waals surface area contributed by atoms with Gasteiger partial charge in [-0.2, -0.15) is 0 Å². The fraction of sp³-hybridized carbons (Fsp3) is 0.500. The number of hydrogen-bond acceptors (Lipinski definition) is 4. The van der Waals surface area contributed by atoms with Gasteiger partial charge in [-0.25, -0.2) is 0 Å². The molecule has 0 aliphatic carbocycles. The Labute approximate surface area is 148 Å². The van der Waals surface area contributed by atoms with Gasteiger partial charge in [-0.3, -0.25) is 4.79 Å². The minimum Gasteiger partial charge on any atom is -0.496 e. The first-order valence-corrected chi connectivity index (χ1v) is 8.92. The molecule has 0 unspecified atom stereocenters. The first kappa shape index (κ1) is 17.5. The summed E-state index contributed by atoms with van der Waals surface area (Å²) >= 11 is 0. The third-order valence-electron chi connectivity index (χ3n) is 5.04. The van der Waals surface area contributed by atoms with E-state index in [0.717, 1.165) is 59.8 Å². The molecule has 0 radical (unpaired) electrons. The molecule has 2 heterocycles. The summed E-state index contributed by atoms with van der Waals surface area (Å²) < 4.78 is 10.8. The van der Waals surface area contributed by atoms with E-state index in [1.807, 2.05) is 36.9 Å². The molecule has 1 aromatic carbocycles. The van der Waals surface area contributed by atoms with E-state index in [1.54, 1.807) is 7.11 Å². The quantitative estimate of drug-likeness (QED) is 0.837. The van der Waals surface area contributed by atoms with Gasteiger partial charge in [-0.05, 0) is 51.2 Å². The van der Waals surface area contributed by atoms with Crippen molar-refractivity contribution >= 4 is 11.6 Å². The molecule has 5 nitrogen and oxygen atoms in total. The Bertz CT molecular complexity index is 747. The van der Waals surface area contributed by atoms with Gasteiger partial charge in [0.05, 0.1) is 18.5 Å². The Balaban J connectivity index is 1.85. The summed E-state index contributed by atoms with van der Waals surface area (Å²) in [5.74, 6) is 1.90. The lowest BCUT2D eigenvalue weighted by atomic mass is 9.95. The van der Waals surface area contributed by atoms with Crippen molar-refractivity contribution in [2.75, 3.05) is 18.6 Å². The van der Waals surface area contributed by atoms with Gasteiger partial charge in [-0.1, -0.05) is 18.1 Å². The van der Waals surface area contributed by atoms with Crippen LogP contribution in [-0.4, -0.2) is 24.7 Å². The van der Waals surface area contributed by atoms with Crippen LogP contribution in [0.15, 0.2) is 22.7 Å². The van der Waals surface area contributed by atoms with Gasteiger partial charge in [0.1, 0.15) is 11.5 Å². The first-order chi connectivity index (χ1) is 12.0. The summed E-state index contributed by atoms with van der Waals surface area (Å²) in [4.78, 5) is 15.0. The van der Waals surface area contributed by atoms with E-state index in [4.69, 9.17) is 9.26 Å². The zero-order chi connectivity index (χ0) is 18.0. The van der Waals surface area contributed by atoms with E-state index in [2.05, 4.69) is 12.1 Å². The minimum absolute atomic E-state index is 0.0797. The highest BCUT2D eigenvalue weighted by atomic mass is 16.5. The molecule has 5 heteroatoms. The van der Waals surface area contributed by atoms with Gasteiger partial charge >= 0.3 is 0 Å². The molecule has 1 aliphatic heterocycles. The van der Waals surface area contributed by atoms with Crippen LogP contribution in [0.1, 0.15) is 54.7 Å². The fourth-order valence-corrected chi connectivity index (χ4v) is 3.87. The van der Waals surface area contributed by atoms with Crippen molar-refractivity contribution in [2.45, 2.75) is 52.4 Å². The van der Waals surface area contributed by atoms with E-state index in [-0.39, 0.29) is 11.8 Å². The molecule has 3 rings (SSSR count). The van der Waals surface area contributed by atoms with Crippen molar-refractivity contribution in [3.05, 3.63) is 40.8 Å². The zero-order valence-corrected chi connectivity index (χ0v) is 15.5. The number of methoxy groups -OCH3 is 1. The summed E-state index contributed by atoms with van der Waals surface area (Å²) in [7, 11) is 1.69. The van der Waals surface area contributed by atoms with Crippen molar-refractivity contribution in [1.29, 1.82) is 0 Å². The molecule has 0 fully saturated rings. The van der Waals surface area contributed by atoms with Gasteiger partial charge in [0.25, 0.3) is 0 Å². The molecular formula is C20H26N2O3. The maximum Gasteiger partial charge on any atom is 0.227 e. The average Bonchev–Trinajstić information content (AvgIpc) is 2.81. The Hall–Kier alpha value is -2.30. The third kappa shape index (κ3) is 3.41. The summed E-state index contributed by atoms with van der Waals surface area (Å²) in [6.07, 6.45) is 3.46. The highest BCUT2D eigenvalue weighted by Crippen LogP contribution is 2.35. The third-order valence-corrected chi connectivity index (χ3v) is 5.04. The minimum atomic E-state index is 0.0797. The molecule has 25 heavy (non-hydrogen) atoms. The predicted octanol–water partition coefficient (Wildman–Crippen LogP) is 4.16. The van der Waals surface area contributed by atoms with Crippen LogP contribution in [0.5, 0.6) is 5.75 Å². The standard InChI is InChI=1S/C20H26N2O3/c1-13(20-14(2)21-25-15(20)3)12-19(23)22-11-6-5-8-16-17(22)9-7-10-18(16)24-4/h7,9-10,13H,5-6,8,11-12H2,1-4H3/t13-/m1/s1. The van der Waals surface area contributed by atoms with Crippen molar-refractivity contribution in [2.24, 2.45) is 0 Å². The fourth-order valence-electron chi connectivity index (χ4n) is 3.87. The molecule has 2 aromatic rings. The van der Waals surface area contributed by atoms with Crippen LogP contribution >= 0.6 is 0 Å². The molecule has 1 amide bonds. The largest absolute Gasteiger partial charge is 0.496 e. The summed E-state index contributed by atoms with van der Waals surface area (Å²) in [6, 6.07) is 5.96. The summed E-state index contributed by atoms with van der Waals surface area (Å²) in [5.41, 5.74) is 4.05. The van der Waals surface area contributed by atoms with Gasteiger partial charge in [0.2, 0.25) is 5.91 Å². The molecule has 1 atom stereocenters. The normalized spacial score (nSPS) is 15.4. The number of ether oxygens (including phenoxy) is 1. The molecule has 0 bridgehead atoms. The molecule has 0 saturated carbocycles. The van der Waals surface area contributed by atoms with Gasteiger partial charge in [-0.15, -0.1) is 0 Å². The molecule has 1 aromatic heterocycles. The molecule has 0 spiro atoms. The predicted molar refractivity (Wildman–Crippen MR) is 97.3 cm³/mol. The molecule has 1 aliphatic rings. The van der Waals surface area contributed by atoms with Crippen molar-refractivity contribution in [3.63, 3.8) is 0 Å². The average molecular weight is 342 g/mol. The van der Waals surface area contributed by atoms with Crippen molar-refractivity contribution < 1.29 is 14.1 Å². The van der Waals surface area contributed by atoms with E-state index >= 15 is 0 Å². The first-order valence-electron chi connectivity index (χ1n) is 8.92. The number of amides is 1. The maximum absolute atomic E-state index is 13.1. The SMILES string of the molecule is COc1cccc2c1CCCCN2C(=O)C[C@@H](C)c1c(C)noc1C. The van der Waals surface area contributed by atoms with Crippen LogP contribution in [0.2, 0.25) is 0 Å². The second-order valence-corrected chi connectivity index (χ2v) is 6.80. The van der Waals surface area contributed by atoms with Crippen LogP contribution in [0, 0.1) is 13.8 Å². The maximum atomic E-state index is 13.1. The lowest BCUT2D eigenvalue weighted by molar-refractivity contribution is -0.118. The number of aryl methyl sites for hydroxylation is 2. The lowest BCUT2D eigenvalue weighted by Crippen LogP contribution is -2.32. The van der Waals surface area contributed by atoms with E-state index in [0.29, 0.717) is 6.42 Å². The second-order valence-electron chi connectivity index (χ2n) is 6.80. The van der Waals surface area contributed by atoms with Crippen LogP contribution in [0.25, 0.3) is 0 Å². The second kappa shape index (κ2) is 7.30. The topological polar surface area (TPSA) is 55.6 Å². The monoisotopic (exact) mass is 342 g/mol. The Kier molecular flexibility index (Phi) is 5.11. The Morgan fingerprint density at radius 1 is 1.36 bits per heavy atom. The van der Waals surface area contributed by atoms with E-state index in [9.17, 15) is 4.79 Å². The highest BCUT2D eigenvalue weighted by molar-refractivity contribution is 5.95. The number of fused-ring (bicyclic) bond motifs is 1. The number of carbonyl (C=O) groups is 1. The van der Waals surface area contributed by atoms with Crippen LogP contribution in [-0.2, 0) is 11.2 Å². The number of carbonyl (C=O) groups excluding carboxylic acids is 1. The molecule has 0 saturated heterocycles. The molecule has 0 N–H and O–H groups in total. The van der Waals surface area contributed by atoms with E-state index < -0.39 is 0 Å². The molecule has 134 valence electrons. The van der Waals surface area contributed by atoms with Crippen LogP contribution < -0.4 is 9.64 Å². The van der Waals surface area contributed by atoms with Gasteiger partial charge in [0, 0.05) is 24.1 Å². The highest BCUT2D eigenvalue weighted by Gasteiger charge is 2.26. The number of rotatable bonds is 4. The number of anilines is 1. The number of nitrogens with zero attached hydrogens (tertiary/aromatic N) is 2. The lowest BCUT2D eigenvalue weighted by Gasteiger charge is -2.25. The zero-order valence-electron chi connectivity index (χ0n) is 15.5. The van der Waals surface area contributed by atoms with Crippen molar-refractivity contribution in [1.82, 2.24) is 5.16 Å². The Morgan fingerprint density at radius 2 is 2.16 bits per heavy atom. The van der Waals surface area contributed by atoms with Crippen molar-refractivity contribution in [3.8, 4) is 5.75 Å². The van der Waals surface area contributed by atoms with Crippen LogP contribution in [0.3, 0.4) is 0 Å². The number of benzene rings is 1. The van der Waals surface area contributed by atoms with Crippen LogP contribution in [0.4, 0.5) is 5.69 Å². The number of hydrogen-bond donors (Lipinski definition) is 0. The van der Waals surface area contributed by atoms with Gasteiger partial charge < -0.3 is 14.2 Å². The van der Waals surface area contributed by atoms with E-state index in [1.165, 1.54) is 0 Å².